The van der Waals surface area contributed by atoms with Gasteiger partial charge in [0.05, 0.1) is 0 Å². The Hall–Kier alpha value is -3.67. The van der Waals surface area contributed by atoms with Gasteiger partial charge in [-0.25, -0.2) is 0 Å². The molecular weight excluding hydrogens is 877 g/mol. The number of hydrogen-bond donors (Lipinski definition) is 0. The minimum atomic E-state index is -0.807. The van der Waals surface area contributed by atoms with E-state index in [0.717, 1.165) is 109 Å². The lowest BCUT2D eigenvalue weighted by atomic mass is 10.0. The lowest BCUT2D eigenvalue weighted by molar-refractivity contribution is -0.167. The van der Waals surface area contributed by atoms with Crippen LogP contribution in [-0.4, -0.2) is 37.2 Å². The maximum atomic E-state index is 12.8. The Bertz CT molecular complexity index is 1410. The van der Waals surface area contributed by atoms with Crippen LogP contribution in [0.4, 0.5) is 0 Å². The monoisotopic (exact) mass is 987 g/mol. The summed E-state index contributed by atoms with van der Waals surface area (Å²) in [7, 11) is 0. The summed E-state index contributed by atoms with van der Waals surface area (Å²) in [6, 6.07) is 0. The minimum Gasteiger partial charge on any atom is -0.462 e. The van der Waals surface area contributed by atoms with Crippen LogP contribution in [0.5, 0.6) is 0 Å². The van der Waals surface area contributed by atoms with Gasteiger partial charge >= 0.3 is 17.9 Å². The summed E-state index contributed by atoms with van der Waals surface area (Å²) in [5.74, 6) is -0.954. The van der Waals surface area contributed by atoms with Crippen molar-refractivity contribution in [1.29, 1.82) is 0 Å². The van der Waals surface area contributed by atoms with Gasteiger partial charge in [0.25, 0.3) is 0 Å². The second-order valence-electron chi connectivity index (χ2n) is 19.5. The molecule has 0 saturated heterocycles. The molecule has 1 unspecified atom stereocenters. The van der Waals surface area contributed by atoms with E-state index in [-0.39, 0.29) is 37.5 Å². The highest BCUT2D eigenvalue weighted by molar-refractivity contribution is 5.71. The van der Waals surface area contributed by atoms with E-state index in [1.165, 1.54) is 122 Å². The van der Waals surface area contributed by atoms with Crippen molar-refractivity contribution in [2.24, 2.45) is 0 Å². The molecule has 406 valence electrons. The molecule has 1 atom stereocenters. The van der Waals surface area contributed by atoms with E-state index in [1.807, 2.05) is 0 Å². The lowest BCUT2D eigenvalue weighted by Gasteiger charge is -2.18. The first-order valence-corrected chi connectivity index (χ1v) is 29.7. The van der Waals surface area contributed by atoms with Crippen molar-refractivity contribution < 1.29 is 28.6 Å². The highest BCUT2D eigenvalue weighted by Crippen LogP contribution is 2.15. The molecule has 0 saturated carbocycles. The van der Waals surface area contributed by atoms with Crippen LogP contribution >= 0.6 is 0 Å². The largest absolute Gasteiger partial charge is 0.462 e. The maximum Gasteiger partial charge on any atom is 0.306 e. The molecule has 0 aliphatic rings. The fourth-order valence-electron chi connectivity index (χ4n) is 8.08. The predicted octanol–water partition coefficient (Wildman–Crippen LogP) is 20.1. The van der Waals surface area contributed by atoms with Gasteiger partial charge in [-0.05, 0) is 122 Å². The smallest absolute Gasteiger partial charge is 0.306 e. The first kappa shape index (κ1) is 67.3. The van der Waals surface area contributed by atoms with Crippen molar-refractivity contribution >= 4 is 17.9 Å². The van der Waals surface area contributed by atoms with E-state index < -0.39 is 6.10 Å². The second kappa shape index (κ2) is 58.9. The molecule has 0 aromatic carbocycles. The first-order chi connectivity index (χ1) is 35.0. The highest BCUT2D eigenvalue weighted by Gasteiger charge is 2.19. The number of esters is 3. The van der Waals surface area contributed by atoms with Crippen molar-refractivity contribution in [3.63, 3.8) is 0 Å². The molecule has 0 aliphatic heterocycles. The van der Waals surface area contributed by atoms with Gasteiger partial charge in [0.15, 0.2) is 6.10 Å². The Morgan fingerprint density at radius 1 is 0.296 bits per heavy atom. The quantitative estimate of drug-likeness (QED) is 0.0261. The number of ether oxygens (including phenoxy) is 3. The van der Waals surface area contributed by atoms with Crippen molar-refractivity contribution in [1.82, 2.24) is 0 Å². The summed E-state index contributed by atoms with van der Waals surface area (Å²) in [5, 5.41) is 0. The third-order valence-corrected chi connectivity index (χ3v) is 12.5. The summed E-state index contributed by atoms with van der Waals surface area (Å²) >= 11 is 0. The summed E-state index contributed by atoms with van der Waals surface area (Å²) in [6.07, 6.45) is 78.3. The van der Waals surface area contributed by atoms with E-state index in [2.05, 4.69) is 118 Å². The number of unbranched alkanes of at least 4 members (excludes halogenated alkanes) is 26. The normalized spacial score (nSPS) is 12.8. The summed E-state index contributed by atoms with van der Waals surface area (Å²) in [6.45, 7) is 6.45. The fraction of sp³-hybridized carbons (Fsp3) is 0.708. The zero-order valence-corrected chi connectivity index (χ0v) is 46.5. The van der Waals surface area contributed by atoms with Crippen LogP contribution in [0.15, 0.2) is 97.2 Å². The third kappa shape index (κ3) is 57.1. The topological polar surface area (TPSA) is 78.9 Å². The zero-order valence-electron chi connectivity index (χ0n) is 46.5. The fourth-order valence-corrected chi connectivity index (χ4v) is 8.08. The van der Waals surface area contributed by atoms with Gasteiger partial charge in [-0.2, -0.15) is 0 Å². The molecule has 0 N–H and O–H groups in total. The number of allylic oxidation sites excluding steroid dienone is 16. The molecule has 0 radical (unpaired) electrons. The Balaban J connectivity index is 4.39. The average molecular weight is 988 g/mol. The number of carbonyl (C=O) groups excluding carboxylic acids is 3. The molecule has 0 bridgehead atoms. The van der Waals surface area contributed by atoms with Gasteiger partial charge in [0.1, 0.15) is 13.2 Å². The summed E-state index contributed by atoms with van der Waals surface area (Å²) < 4.78 is 16.8. The maximum absolute atomic E-state index is 12.8. The standard InChI is InChI=1S/C65H110O6/c1-4-7-10-13-16-19-22-25-28-29-30-31-32-33-34-35-38-40-43-46-49-52-55-58-64(67)70-61-62(71-65(68)59-56-53-50-47-44-41-37-27-24-21-18-15-12-9-6-3)60-69-63(66)57-54-51-48-45-42-39-36-26-23-20-17-14-11-8-5-2/h9,12,17-18,20-22,25-27,29-30,36-37,44,47,62H,4-8,10-11,13-16,19,23-24,28,31-35,38-43,45-46,48-61H2,1-3H3/b12-9-,20-17-,21-18-,25-22-,30-29-,36-26-,37-27-,47-44-. The Morgan fingerprint density at radius 2 is 0.549 bits per heavy atom. The van der Waals surface area contributed by atoms with Crippen molar-refractivity contribution in [2.45, 2.75) is 284 Å². The van der Waals surface area contributed by atoms with Gasteiger partial charge in [-0.15, -0.1) is 0 Å². The van der Waals surface area contributed by atoms with E-state index in [9.17, 15) is 14.4 Å². The van der Waals surface area contributed by atoms with Crippen LogP contribution in [-0.2, 0) is 28.6 Å². The molecule has 0 heterocycles. The minimum absolute atomic E-state index is 0.100. The SMILES string of the molecule is CC/C=C\C/C=C\C/C=C\C/C=C\CCCCC(=O)OC(COC(=O)CCCCCCC/C=C\C/C=C\CCCCC)COC(=O)CCCCCCCCCCCCC/C=C\C/C=C\CCCCCCC. The lowest BCUT2D eigenvalue weighted by Crippen LogP contribution is -2.30. The Labute approximate surface area is 438 Å². The second-order valence-corrected chi connectivity index (χ2v) is 19.5. The van der Waals surface area contributed by atoms with E-state index in [1.54, 1.807) is 0 Å². The van der Waals surface area contributed by atoms with E-state index in [4.69, 9.17) is 14.2 Å². The number of carbonyl (C=O) groups is 3. The Kier molecular flexibility index (Phi) is 55.9. The molecule has 0 spiro atoms. The van der Waals surface area contributed by atoms with Crippen LogP contribution in [0.2, 0.25) is 0 Å². The zero-order chi connectivity index (χ0) is 51.4. The molecule has 0 aromatic heterocycles. The van der Waals surface area contributed by atoms with Crippen LogP contribution in [0.25, 0.3) is 0 Å². The average Bonchev–Trinajstić information content (AvgIpc) is 3.37. The van der Waals surface area contributed by atoms with Crippen molar-refractivity contribution in [2.75, 3.05) is 13.2 Å². The number of rotatable bonds is 53. The first-order valence-electron chi connectivity index (χ1n) is 29.7. The van der Waals surface area contributed by atoms with E-state index >= 15 is 0 Å². The summed E-state index contributed by atoms with van der Waals surface area (Å²) in [4.78, 5) is 38.2. The molecule has 0 fully saturated rings. The van der Waals surface area contributed by atoms with Crippen molar-refractivity contribution in [3.8, 4) is 0 Å². The molecule has 6 nitrogen and oxygen atoms in total. The summed E-state index contributed by atoms with van der Waals surface area (Å²) in [5.41, 5.74) is 0. The van der Waals surface area contributed by atoms with Crippen LogP contribution in [0.1, 0.15) is 278 Å². The molecule has 0 amide bonds. The molecule has 0 aliphatic carbocycles. The van der Waals surface area contributed by atoms with Gasteiger partial charge in [-0.3, -0.25) is 14.4 Å². The molecule has 0 aromatic rings. The molecule has 0 rings (SSSR count). The molecule has 6 heteroatoms. The van der Waals surface area contributed by atoms with Crippen molar-refractivity contribution in [3.05, 3.63) is 97.2 Å². The van der Waals surface area contributed by atoms with Gasteiger partial charge in [0, 0.05) is 19.3 Å². The van der Waals surface area contributed by atoms with Gasteiger partial charge in [0.2, 0.25) is 0 Å². The number of hydrogen-bond acceptors (Lipinski definition) is 6. The van der Waals surface area contributed by atoms with Crippen LogP contribution < -0.4 is 0 Å². The van der Waals surface area contributed by atoms with Gasteiger partial charge < -0.3 is 14.2 Å². The van der Waals surface area contributed by atoms with Crippen LogP contribution in [0, 0.1) is 0 Å². The van der Waals surface area contributed by atoms with Crippen LogP contribution in [0.3, 0.4) is 0 Å². The predicted molar refractivity (Wildman–Crippen MR) is 307 cm³/mol. The third-order valence-electron chi connectivity index (χ3n) is 12.5. The van der Waals surface area contributed by atoms with E-state index in [0.29, 0.717) is 19.3 Å². The molecule has 71 heavy (non-hydrogen) atoms. The molecular formula is C65H110O6. The van der Waals surface area contributed by atoms with Gasteiger partial charge in [-0.1, -0.05) is 234 Å². The highest BCUT2D eigenvalue weighted by atomic mass is 16.6. The Morgan fingerprint density at radius 3 is 0.915 bits per heavy atom.